The van der Waals surface area contributed by atoms with Gasteiger partial charge in [-0.05, 0) is 35.9 Å². The normalized spacial score (nSPS) is 10.5. The van der Waals surface area contributed by atoms with E-state index in [1.807, 2.05) is 24.3 Å². The number of hydrogen-bond donors (Lipinski definition) is 2. The minimum Gasteiger partial charge on any atom is -0.308 e. The van der Waals surface area contributed by atoms with E-state index in [2.05, 4.69) is 20.8 Å². The molecule has 1 aromatic heterocycles. The maximum Gasteiger partial charge on any atom is 0.325 e. The highest BCUT2D eigenvalue weighted by Crippen LogP contribution is 2.23. The second-order valence-electron chi connectivity index (χ2n) is 5.21. The fourth-order valence-corrected chi connectivity index (χ4v) is 4.12. The SMILES string of the molecule is O=C(Nc1cccc(Cl)c1)Nc1nnc(CSCc2ccc(Cl)cc2)s1. The van der Waals surface area contributed by atoms with E-state index < -0.39 is 0 Å². The van der Waals surface area contributed by atoms with Crippen molar-refractivity contribution in [3.8, 4) is 0 Å². The van der Waals surface area contributed by atoms with Gasteiger partial charge in [-0.25, -0.2) is 4.79 Å². The van der Waals surface area contributed by atoms with Gasteiger partial charge in [0.2, 0.25) is 5.13 Å². The number of rotatable bonds is 6. The lowest BCUT2D eigenvalue weighted by Gasteiger charge is -2.04. The number of anilines is 2. The Balaban J connectivity index is 1.46. The van der Waals surface area contributed by atoms with Gasteiger partial charge < -0.3 is 5.32 Å². The topological polar surface area (TPSA) is 66.9 Å². The molecule has 2 N–H and O–H groups in total. The Morgan fingerprint density at radius 1 is 1.00 bits per heavy atom. The molecule has 3 aromatic rings. The number of amides is 2. The largest absolute Gasteiger partial charge is 0.325 e. The number of benzene rings is 2. The Hall–Kier alpha value is -1.80. The first-order valence-electron chi connectivity index (χ1n) is 7.56. The van der Waals surface area contributed by atoms with Crippen LogP contribution >= 0.6 is 46.3 Å². The van der Waals surface area contributed by atoms with Crippen LogP contribution in [0.4, 0.5) is 15.6 Å². The van der Waals surface area contributed by atoms with E-state index in [-0.39, 0.29) is 6.03 Å². The third-order valence-electron chi connectivity index (χ3n) is 3.18. The quantitative estimate of drug-likeness (QED) is 0.514. The van der Waals surface area contributed by atoms with Crippen LogP contribution in [0.15, 0.2) is 48.5 Å². The van der Waals surface area contributed by atoms with Gasteiger partial charge in [0.15, 0.2) is 0 Å². The third-order valence-corrected chi connectivity index (χ3v) is 5.70. The monoisotopic (exact) mass is 424 g/mol. The van der Waals surface area contributed by atoms with Crippen LogP contribution in [0, 0.1) is 0 Å². The molecule has 5 nitrogen and oxygen atoms in total. The molecule has 0 bridgehead atoms. The Labute approximate surface area is 169 Å². The van der Waals surface area contributed by atoms with Crippen LogP contribution in [0.5, 0.6) is 0 Å². The molecule has 3 rings (SSSR count). The standard InChI is InChI=1S/C17H14Cl2N4OS2/c18-12-6-4-11(5-7-12)9-25-10-15-22-23-17(26-15)21-16(24)20-14-3-1-2-13(19)8-14/h1-8H,9-10H2,(H2,20,21,23,24). The fraction of sp³-hybridized carbons (Fsp3) is 0.118. The summed E-state index contributed by atoms with van der Waals surface area (Å²) in [5.74, 6) is 1.58. The zero-order valence-electron chi connectivity index (χ0n) is 13.4. The molecule has 0 aliphatic carbocycles. The van der Waals surface area contributed by atoms with Gasteiger partial charge in [-0.1, -0.05) is 52.7 Å². The highest BCUT2D eigenvalue weighted by molar-refractivity contribution is 7.97. The fourth-order valence-electron chi connectivity index (χ4n) is 2.02. The summed E-state index contributed by atoms with van der Waals surface area (Å²) in [4.78, 5) is 12.0. The van der Waals surface area contributed by atoms with Crippen molar-refractivity contribution >= 4 is 63.2 Å². The summed E-state index contributed by atoms with van der Waals surface area (Å²) in [6.45, 7) is 0. The number of aromatic nitrogens is 2. The summed E-state index contributed by atoms with van der Waals surface area (Å²) in [5, 5.41) is 16.0. The zero-order chi connectivity index (χ0) is 18.4. The van der Waals surface area contributed by atoms with E-state index >= 15 is 0 Å². The Bertz CT molecular complexity index is 886. The van der Waals surface area contributed by atoms with Crippen molar-refractivity contribution in [2.75, 3.05) is 10.6 Å². The molecule has 0 aliphatic heterocycles. The van der Waals surface area contributed by atoms with Crippen molar-refractivity contribution < 1.29 is 4.79 Å². The number of hydrogen-bond acceptors (Lipinski definition) is 5. The summed E-state index contributed by atoms with van der Waals surface area (Å²) in [6, 6.07) is 14.3. The second kappa shape index (κ2) is 9.23. The van der Waals surface area contributed by atoms with E-state index in [0.717, 1.165) is 21.5 Å². The zero-order valence-corrected chi connectivity index (χ0v) is 16.6. The van der Waals surface area contributed by atoms with Crippen LogP contribution in [0.25, 0.3) is 0 Å². The molecule has 0 atom stereocenters. The predicted octanol–water partition coefficient (Wildman–Crippen LogP) is 5.92. The molecule has 9 heteroatoms. The maximum absolute atomic E-state index is 12.0. The molecule has 0 saturated carbocycles. The van der Waals surface area contributed by atoms with Gasteiger partial charge in [-0.3, -0.25) is 5.32 Å². The highest BCUT2D eigenvalue weighted by Gasteiger charge is 2.09. The number of nitrogens with one attached hydrogen (secondary N) is 2. The van der Waals surface area contributed by atoms with Crippen molar-refractivity contribution in [3.05, 3.63) is 69.1 Å². The number of halogens is 2. The Morgan fingerprint density at radius 3 is 2.58 bits per heavy atom. The molecular weight excluding hydrogens is 411 g/mol. The van der Waals surface area contributed by atoms with Crippen LogP contribution in [0.3, 0.4) is 0 Å². The highest BCUT2D eigenvalue weighted by atomic mass is 35.5. The van der Waals surface area contributed by atoms with Gasteiger partial charge in [0.05, 0.1) is 0 Å². The molecule has 0 radical (unpaired) electrons. The van der Waals surface area contributed by atoms with Crippen LogP contribution in [0.2, 0.25) is 10.0 Å². The number of carbonyl (C=O) groups excluding carboxylic acids is 1. The molecule has 0 unspecified atom stereocenters. The van der Waals surface area contributed by atoms with Crippen molar-refractivity contribution in [3.63, 3.8) is 0 Å². The average molecular weight is 425 g/mol. The Kier molecular flexibility index (Phi) is 6.73. The molecular formula is C17H14Cl2N4OS2. The number of thioether (sulfide) groups is 1. The molecule has 2 amide bonds. The van der Waals surface area contributed by atoms with E-state index in [1.165, 1.54) is 16.9 Å². The predicted molar refractivity (Wildman–Crippen MR) is 110 cm³/mol. The molecule has 2 aromatic carbocycles. The van der Waals surface area contributed by atoms with Gasteiger partial charge in [0.25, 0.3) is 0 Å². The molecule has 1 heterocycles. The van der Waals surface area contributed by atoms with Gasteiger partial charge in [0.1, 0.15) is 5.01 Å². The van der Waals surface area contributed by atoms with Crippen LogP contribution in [-0.2, 0) is 11.5 Å². The van der Waals surface area contributed by atoms with Crippen molar-refractivity contribution in [1.29, 1.82) is 0 Å². The number of nitrogens with zero attached hydrogens (tertiary/aromatic N) is 2. The smallest absolute Gasteiger partial charge is 0.308 e. The molecule has 0 saturated heterocycles. The number of urea groups is 1. The van der Waals surface area contributed by atoms with Gasteiger partial charge in [-0.2, -0.15) is 0 Å². The molecule has 134 valence electrons. The summed E-state index contributed by atoms with van der Waals surface area (Å²) in [6.07, 6.45) is 0. The Morgan fingerprint density at radius 2 is 1.81 bits per heavy atom. The van der Waals surface area contributed by atoms with Crippen molar-refractivity contribution in [2.24, 2.45) is 0 Å². The van der Waals surface area contributed by atoms with Gasteiger partial charge in [-0.15, -0.1) is 22.0 Å². The van der Waals surface area contributed by atoms with E-state index in [4.69, 9.17) is 23.2 Å². The van der Waals surface area contributed by atoms with Crippen LogP contribution in [0.1, 0.15) is 10.6 Å². The molecule has 0 fully saturated rings. The van der Waals surface area contributed by atoms with E-state index in [0.29, 0.717) is 15.8 Å². The van der Waals surface area contributed by atoms with Gasteiger partial charge >= 0.3 is 6.03 Å². The number of carbonyl (C=O) groups is 1. The average Bonchev–Trinajstić information content (AvgIpc) is 3.04. The minimum atomic E-state index is -0.385. The molecule has 0 aliphatic rings. The van der Waals surface area contributed by atoms with Crippen LogP contribution < -0.4 is 10.6 Å². The maximum atomic E-state index is 12.0. The first-order valence-corrected chi connectivity index (χ1v) is 10.3. The van der Waals surface area contributed by atoms with Gasteiger partial charge in [0, 0.05) is 27.2 Å². The minimum absolute atomic E-state index is 0.385. The lowest BCUT2D eigenvalue weighted by molar-refractivity contribution is 0.262. The summed E-state index contributed by atoms with van der Waals surface area (Å²) >= 11 is 14.8. The first-order chi connectivity index (χ1) is 12.6. The molecule has 26 heavy (non-hydrogen) atoms. The lowest BCUT2D eigenvalue weighted by Crippen LogP contribution is -2.19. The van der Waals surface area contributed by atoms with Crippen molar-refractivity contribution in [1.82, 2.24) is 10.2 Å². The summed E-state index contributed by atoms with van der Waals surface area (Å²) in [5.41, 5.74) is 1.81. The third kappa shape index (κ3) is 5.88. The van der Waals surface area contributed by atoms with E-state index in [1.54, 1.807) is 36.0 Å². The summed E-state index contributed by atoms with van der Waals surface area (Å²) < 4.78 is 0. The molecule has 0 spiro atoms. The summed E-state index contributed by atoms with van der Waals surface area (Å²) in [7, 11) is 0. The van der Waals surface area contributed by atoms with E-state index in [9.17, 15) is 4.79 Å². The van der Waals surface area contributed by atoms with Crippen molar-refractivity contribution in [2.45, 2.75) is 11.5 Å². The lowest BCUT2D eigenvalue weighted by atomic mass is 10.2. The first kappa shape index (κ1) is 19.0. The second-order valence-corrected chi connectivity index (χ2v) is 8.13. The van der Waals surface area contributed by atoms with Crippen LogP contribution in [-0.4, -0.2) is 16.2 Å².